The van der Waals surface area contributed by atoms with Crippen molar-refractivity contribution < 1.29 is 0 Å². The maximum Gasteiger partial charge on any atom is 0.0267 e. The molecule has 0 amide bonds. The van der Waals surface area contributed by atoms with Gasteiger partial charge in [0.1, 0.15) is 0 Å². The van der Waals surface area contributed by atoms with Gasteiger partial charge in [-0.05, 0) is 81.0 Å². The van der Waals surface area contributed by atoms with Crippen molar-refractivity contribution >= 4 is 0 Å². The van der Waals surface area contributed by atoms with Gasteiger partial charge in [-0.25, -0.2) is 0 Å². The van der Waals surface area contributed by atoms with Crippen molar-refractivity contribution in [2.75, 3.05) is 0 Å². The van der Waals surface area contributed by atoms with E-state index in [1.165, 1.54) is 64.2 Å². The Morgan fingerprint density at radius 1 is 1.05 bits per heavy atom. The highest BCUT2D eigenvalue weighted by Gasteiger charge is 2.53. The Kier molecular flexibility index (Phi) is 4.52. The predicted molar refractivity (Wildman–Crippen MR) is 85.0 cm³/mol. The fourth-order valence-corrected chi connectivity index (χ4v) is 5.98. The summed E-state index contributed by atoms with van der Waals surface area (Å²) in [7, 11) is 0. The fraction of sp³-hybridized carbons (Fsp3) is 0.889. The first-order valence-electron chi connectivity index (χ1n) is 8.83. The van der Waals surface area contributed by atoms with E-state index in [-0.39, 0.29) is 0 Å². The van der Waals surface area contributed by atoms with Crippen LogP contribution < -0.4 is 11.3 Å². The van der Waals surface area contributed by atoms with Crippen molar-refractivity contribution in [2.24, 2.45) is 29.0 Å². The Hall–Kier alpha value is -0.340. The molecule has 4 saturated carbocycles. The van der Waals surface area contributed by atoms with Crippen LogP contribution in [0.2, 0.25) is 0 Å². The summed E-state index contributed by atoms with van der Waals surface area (Å²) in [6.45, 7) is 3.80. The van der Waals surface area contributed by atoms with Crippen molar-refractivity contribution in [1.82, 2.24) is 5.43 Å². The monoisotopic (exact) mass is 276 g/mol. The van der Waals surface area contributed by atoms with Gasteiger partial charge in [0.2, 0.25) is 0 Å². The smallest absolute Gasteiger partial charge is 0.0267 e. The summed E-state index contributed by atoms with van der Waals surface area (Å²) in [5.74, 6) is 9.05. The second kappa shape index (κ2) is 6.19. The highest BCUT2D eigenvalue weighted by atomic mass is 15.2. The quantitative estimate of drug-likeness (QED) is 0.302. The van der Waals surface area contributed by atoms with Gasteiger partial charge in [-0.2, -0.15) is 0 Å². The van der Waals surface area contributed by atoms with Crippen LogP contribution >= 0.6 is 0 Å². The lowest BCUT2D eigenvalue weighted by Crippen LogP contribution is -2.57. The predicted octanol–water partition coefficient (Wildman–Crippen LogP) is 4.17. The molecule has 0 spiro atoms. The zero-order valence-corrected chi connectivity index (χ0v) is 12.9. The van der Waals surface area contributed by atoms with Gasteiger partial charge in [0.25, 0.3) is 0 Å². The van der Waals surface area contributed by atoms with Crippen LogP contribution in [0.15, 0.2) is 12.7 Å². The minimum atomic E-state index is 0.557. The first-order chi connectivity index (χ1) is 9.75. The third-order valence-corrected chi connectivity index (χ3v) is 6.43. The third kappa shape index (κ3) is 2.82. The SMILES string of the molecule is C=CCCCCCC(NN)C12CC3CC(CC(C3)C1)C2. The van der Waals surface area contributed by atoms with Crippen molar-refractivity contribution in [1.29, 1.82) is 0 Å². The number of nitrogens with two attached hydrogens (primary N) is 1. The molecule has 2 nitrogen and oxygen atoms in total. The molecular weight excluding hydrogens is 244 g/mol. The fourth-order valence-electron chi connectivity index (χ4n) is 5.98. The van der Waals surface area contributed by atoms with Gasteiger partial charge in [0, 0.05) is 6.04 Å². The molecule has 0 heterocycles. The molecule has 0 aromatic carbocycles. The number of unbranched alkanes of at least 4 members (excludes halogenated alkanes) is 3. The van der Waals surface area contributed by atoms with E-state index in [4.69, 9.17) is 5.84 Å². The molecule has 4 aliphatic carbocycles. The summed E-state index contributed by atoms with van der Waals surface area (Å²) in [5.41, 5.74) is 3.79. The van der Waals surface area contributed by atoms with Crippen LogP contribution in [-0.2, 0) is 0 Å². The van der Waals surface area contributed by atoms with Gasteiger partial charge in [0.05, 0.1) is 0 Å². The van der Waals surface area contributed by atoms with Gasteiger partial charge in [-0.3, -0.25) is 11.3 Å². The van der Waals surface area contributed by atoms with Crippen molar-refractivity contribution in [2.45, 2.75) is 76.7 Å². The highest BCUT2D eigenvalue weighted by molar-refractivity contribution is 5.05. The average molecular weight is 276 g/mol. The van der Waals surface area contributed by atoms with E-state index in [2.05, 4.69) is 12.0 Å². The maximum atomic E-state index is 5.97. The topological polar surface area (TPSA) is 38.0 Å². The lowest BCUT2D eigenvalue weighted by atomic mass is 9.47. The molecule has 2 heteroatoms. The Morgan fingerprint density at radius 3 is 2.15 bits per heavy atom. The number of allylic oxidation sites excluding steroid dienone is 1. The van der Waals surface area contributed by atoms with Crippen LogP contribution in [0.3, 0.4) is 0 Å². The van der Waals surface area contributed by atoms with E-state index in [0.29, 0.717) is 11.5 Å². The molecule has 0 saturated heterocycles. The van der Waals surface area contributed by atoms with Crippen LogP contribution in [0.1, 0.15) is 70.6 Å². The molecule has 114 valence electrons. The second-order valence-corrected chi connectivity index (χ2v) is 7.93. The Morgan fingerprint density at radius 2 is 1.65 bits per heavy atom. The maximum absolute atomic E-state index is 5.97. The molecule has 1 atom stereocenters. The van der Waals surface area contributed by atoms with Crippen molar-refractivity contribution in [3.63, 3.8) is 0 Å². The first-order valence-corrected chi connectivity index (χ1v) is 8.83. The largest absolute Gasteiger partial charge is 0.271 e. The van der Waals surface area contributed by atoms with Crippen molar-refractivity contribution in [3.05, 3.63) is 12.7 Å². The Bertz CT molecular complexity index is 301. The van der Waals surface area contributed by atoms with Crippen molar-refractivity contribution in [3.8, 4) is 0 Å². The van der Waals surface area contributed by atoms with Crippen LogP contribution in [0, 0.1) is 23.2 Å². The summed E-state index contributed by atoms with van der Waals surface area (Å²) in [4.78, 5) is 0. The van der Waals surface area contributed by atoms with E-state index in [0.717, 1.165) is 24.2 Å². The molecule has 1 unspecified atom stereocenters. The van der Waals surface area contributed by atoms with E-state index in [9.17, 15) is 0 Å². The van der Waals surface area contributed by atoms with Gasteiger partial charge < -0.3 is 0 Å². The first kappa shape index (κ1) is 14.6. The van der Waals surface area contributed by atoms with Gasteiger partial charge in [0.15, 0.2) is 0 Å². The van der Waals surface area contributed by atoms with Crippen LogP contribution in [0.5, 0.6) is 0 Å². The normalized spacial score (nSPS) is 40.0. The summed E-state index contributed by atoms with van der Waals surface area (Å²) in [5, 5.41) is 0. The molecule has 0 aromatic heterocycles. The van der Waals surface area contributed by atoms with E-state index in [1.807, 2.05) is 6.08 Å². The molecule has 4 aliphatic rings. The standard InChI is InChI=1S/C18H32N2/c1-2-3-4-5-6-7-17(20-19)18-11-14-8-15(12-18)10-16(9-14)13-18/h2,14-17,20H,1,3-13,19H2. The number of hydrazine groups is 1. The molecule has 4 fully saturated rings. The lowest BCUT2D eigenvalue weighted by Gasteiger charge is -2.59. The lowest BCUT2D eigenvalue weighted by molar-refractivity contribution is -0.0756. The van der Waals surface area contributed by atoms with Crippen LogP contribution in [0.25, 0.3) is 0 Å². The molecule has 3 N–H and O–H groups in total. The molecule has 4 rings (SSSR count). The summed E-state index contributed by atoms with van der Waals surface area (Å²) in [6, 6.07) is 0.569. The van der Waals surface area contributed by atoms with E-state index < -0.39 is 0 Å². The Labute approximate surface area is 124 Å². The molecular formula is C18H32N2. The number of hydrogen-bond donors (Lipinski definition) is 2. The minimum Gasteiger partial charge on any atom is -0.271 e. The van der Waals surface area contributed by atoms with E-state index >= 15 is 0 Å². The molecule has 0 aliphatic heterocycles. The zero-order valence-electron chi connectivity index (χ0n) is 12.9. The van der Waals surface area contributed by atoms with Crippen LogP contribution in [-0.4, -0.2) is 6.04 Å². The van der Waals surface area contributed by atoms with Gasteiger partial charge in [-0.1, -0.05) is 18.9 Å². The number of nitrogens with one attached hydrogen (secondary N) is 1. The van der Waals surface area contributed by atoms with E-state index in [1.54, 1.807) is 0 Å². The second-order valence-electron chi connectivity index (χ2n) is 7.93. The summed E-state index contributed by atoms with van der Waals surface area (Å²) < 4.78 is 0. The third-order valence-electron chi connectivity index (χ3n) is 6.43. The molecule has 0 radical (unpaired) electrons. The molecule has 20 heavy (non-hydrogen) atoms. The average Bonchev–Trinajstić information content (AvgIpc) is 2.41. The number of rotatable bonds is 8. The highest BCUT2D eigenvalue weighted by Crippen LogP contribution is 2.61. The molecule has 0 aromatic rings. The van der Waals surface area contributed by atoms with Gasteiger partial charge in [-0.15, -0.1) is 6.58 Å². The zero-order chi connectivity index (χ0) is 14.0. The van der Waals surface area contributed by atoms with Crippen LogP contribution in [0.4, 0.5) is 0 Å². The summed E-state index contributed by atoms with van der Waals surface area (Å²) >= 11 is 0. The summed E-state index contributed by atoms with van der Waals surface area (Å²) in [6.07, 6.45) is 17.4. The number of hydrogen-bond acceptors (Lipinski definition) is 2. The van der Waals surface area contributed by atoms with Gasteiger partial charge >= 0.3 is 0 Å². The minimum absolute atomic E-state index is 0.557. The molecule has 4 bridgehead atoms. The Balaban J connectivity index is 1.56.